The van der Waals surface area contributed by atoms with Gasteiger partial charge in [-0.05, 0) is 43.4 Å². The molecule has 1 aliphatic carbocycles. The third kappa shape index (κ3) is 5.00. The van der Waals surface area contributed by atoms with Crippen LogP contribution in [0.4, 0.5) is 8.78 Å². The monoisotopic (exact) mass is 444 g/mol. The first-order valence-corrected chi connectivity index (χ1v) is 11.3. The van der Waals surface area contributed by atoms with Crippen molar-refractivity contribution in [2.45, 2.75) is 43.2 Å². The van der Waals surface area contributed by atoms with Gasteiger partial charge in [0.05, 0.1) is 24.9 Å². The van der Waals surface area contributed by atoms with Crippen LogP contribution in [0.2, 0.25) is 0 Å². The van der Waals surface area contributed by atoms with Crippen LogP contribution in [0.5, 0.6) is 0 Å². The minimum Gasteiger partial charge on any atom is -0.391 e. The number of aliphatic hydroxyl groups is 1. The second-order valence-corrected chi connectivity index (χ2v) is 8.81. The summed E-state index contributed by atoms with van der Waals surface area (Å²) in [7, 11) is 0. The van der Waals surface area contributed by atoms with E-state index in [1.807, 2.05) is 30.3 Å². The number of nitrogens with one attached hydrogen (secondary N) is 1. The number of aliphatic hydroxyl groups excluding tert-OH is 1. The van der Waals surface area contributed by atoms with Gasteiger partial charge in [0.15, 0.2) is 0 Å². The van der Waals surface area contributed by atoms with E-state index in [-0.39, 0.29) is 17.0 Å². The summed E-state index contributed by atoms with van der Waals surface area (Å²) in [5.41, 5.74) is 0.541. The average Bonchev–Trinajstić information content (AvgIpc) is 2.98. The van der Waals surface area contributed by atoms with Crippen molar-refractivity contribution in [2.75, 3.05) is 32.8 Å². The van der Waals surface area contributed by atoms with Crippen molar-refractivity contribution in [1.82, 2.24) is 10.2 Å². The van der Waals surface area contributed by atoms with E-state index in [1.165, 1.54) is 6.07 Å². The van der Waals surface area contributed by atoms with E-state index >= 15 is 0 Å². The van der Waals surface area contributed by atoms with Gasteiger partial charge in [0.1, 0.15) is 11.6 Å². The number of halogens is 2. The Morgan fingerprint density at radius 3 is 2.53 bits per heavy atom. The Balaban J connectivity index is 1.54. The first-order valence-electron chi connectivity index (χ1n) is 11.3. The van der Waals surface area contributed by atoms with Gasteiger partial charge in [-0.1, -0.05) is 30.3 Å². The Kier molecular flexibility index (Phi) is 7.18. The maximum atomic E-state index is 14.1. The van der Waals surface area contributed by atoms with Gasteiger partial charge in [-0.15, -0.1) is 0 Å². The predicted octanol–water partition coefficient (Wildman–Crippen LogP) is 3.27. The van der Waals surface area contributed by atoms with Crippen LogP contribution >= 0.6 is 0 Å². The largest absolute Gasteiger partial charge is 0.391 e. The van der Waals surface area contributed by atoms with Gasteiger partial charge in [-0.2, -0.15) is 0 Å². The standard InChI is InChI=1S/C25H30F2N2O3/c26-19-6-7-20(21(27)16-19)24(31)28-17-25(18-4-2-1-3-5-18)10-8-22(23(30)9-11-25)29-12-14-32-15-13-29/h1-7,16,22-23,30H,8-15,17H2,(H,28,31)/t22-,23-,25+/m0/s1. The molecule has 0 unspecified atom stereocenters. The van der Waals surface area contributed by atoms with Crippen LogP contribution in [-0.2, 0) is 10.2 Å². The third-order valence-electron chi connectivity index (χ3n) is 6.95. The second-order valence-electron chi connectivity index (χ2n) is 8.81. The smallest absolute Gasteiger partial charge is 0.254 e. The van der Waals surface area contributed by atoms with E-state index in [1.54, 1.807) is 0 Å². The summed E-state index contributed by atoms with van der Waals surface area (Å²) in [6, 6.07) is 13.0. The Morgan fingerprint density at radius 2 is 1.81 bits per heavy atom. The second kappa shape index (κ2) is 10.1. The Morgan fingerprint density at radius 1 is 1.09 bits per heavy atom. The number of carbonyl (C=O) groups excluding carboxylic acids is 1. The molecule has 1 saturated heterocycles. The van der Waals surface area contributed by atoms with Crippen molar-refractivity contribution in [3.05, 3.63) is 71.3 Å². The van der Waals surface area contributed by atoms with Crippen LogP contribution < -0.4 is 5.32 Å². The van der Waals surface area contributed by atoms with Gasteiger partial charge in [0.25, 0.3) is 5.91 Å². The van der Waals surface area contributed by atoms with Gasteiger partial charge in [0.2, 0.25) is 0 Å². The fourth-order valence-corrected chi connectivity index (χ4v) is 5.07. The lowest BCUT2D eigenvalue weighted by molar-refractivity contribution is -0.0236. The number of nitrogens with zero attached hydrogens (tertiary/aromatic N) is 1. The highest BCUT2D eigenvalue weighted by molar-refractivity contribution is 5.94. The van der Waals surface area contributed by atoms with Crippen molar-refractivity contribution in [1.29, 1.82) is 0 Å². The van der Waals surface area contributed by atoms with Crippen LogP contribution in [0.25, 0.3) is 0 Å². The highest BCUT2D eigenvalue weighted by Crippen LogP contribution is 2.39. The van der Waals surface area contributed by atoms with E-state index in [9.17, 15) is 18.7 Å². The fourth-order valence-electron chi connectivity index (χ4n) is 5.07. The first-order chi connectivity index (χ1) is 15.5. The van der Waals surface area contributed by atoms with Gasteiger partial charge in [-0.3, -0.25) is 9.69 Å². The zero-order chi connectivity index (χ0) is 22.6. The van der Waals surface area contributed by atoms with Crippen molar-refractivity contribution in [3.63, 3.8) is 0 Å². The molecule has 2 aromatic carbocycles. The summed E-state index contributed by atoms with van der Waals surface area (Å²) in [6.07, 6.45) is 2.42. The van der Waals surface area contributed by atoms with Crippen LogP contribution in [0.15, 0.2) is 48.5 Å². The minimum atomic E-state index is -0.875. The maximum absolute atomic E-state index is 14.1. The molecule has 32 heavy (non-hydrogen) atoms. The third-order valence-corrected chi connectivity index (χ3v) is 6.95. The van der Waals surface area contributed by atoms with E-state index < -0.39 is 23.6 Å². The van der Waals surface area contributed by atoms with Gasteiger partial charge >= 0.3 is 0 Å². The Hall–Kier alpha value is -2.35. The summed E-state index contributed by atoms with van der Waals surface area (Å²) < 4.78 is 32.8. The van der Waals surface area contributed by atoms with Crippen molar-refractivity contribution < 1.29 is 23.4 Å². The van der Waals surface area contributed by atoms with Gasteiger partial charge in [-0.25, -0.2) is 8.78 Å². The molecule has 2 aromatic rings. The highest BCUT2D eigenvalue weighted by Gasteiger charge is 2.40. The lowest BCUT2D eigenvalue weighted by atomic mass is 9.74. The molecular weight excluding hydrogens is 414 g/mol. The SMILES string of the molecule is O=C(NC[C@]1(c2ccccc2)CC[C@H](O)[C@@H](N2CCOCC2)CC1)c1ccc(F)cc1F. The first kappa shape index (κ1) is 22.8. The van der Waals surface area contributed by atoms with E-state index in [0.29, 0.717) is 32.6 Å². The normalized spacial score (nSPS) is 27.0. The van der Waals surface area contributed by atoms with E-state index in [4.69, 9.17) is 4.74 Å². The molecule has 2 N–H and O–H groups in total. The quantitative estimate of drug-likeness (QED) is 0.695. The molecule has 2 fully saturated rings. The molecule has 0 bridgehead atoms. The number of amides is 1. The van der Waals surface area contributed by atoms with Crippen LogP contribution in [-0.4, -0.2) is 60.9 Å². The zero-order valence-corrected chi connectivity index (χ0v) is 18.1. The molecule has 3 atom stereocenters. The number of hydrogen-bond acceptors (Lipinski definition) is 4. The molecule has 2 aliphatic rings. The summed E-state index contributed by atoms with van der Waals surface area (Å²) >= 11 is 0. The molecule has 0 aromatic heterocycles. The molecule has 1 saturated carbocycles. The molecule has 1 amide bonds. The molecule has 0 spiro atoms. The molecule has 7 heteroatoms. The fraction of sp³-hybridized carbons (Fsp3) is 0.480. The molecule has 4 rings (SSSR count). The van der Waals surface area contributed by atoms with Crippen molar-refractivity contribution >= 4 is 5.91 Å². The van der Waals surface area contributed by atoms with Crippen LogP contribution in [0.3, 0.4) is 0 Å². The number of carbonyl (C=O) groups is 1. The number of rotatable bonds is 5. The average molecular weight is 445 g/mol. The number of benzene rings is 2. The zero-order valence-electron chi connectivity index (χ0n) is 18.1. The molecular formula is C25H30F2N2O3. The Labute approximate surface area is 187 Å². The maximum Gasteiger partial charge on any atom is 0.254 e. The summed E-state index contributed by atoms with van der Waals surface area (Å²) in [5, 5.41) is 13.8. The summed E-state index contributed by atoms with van der Waals surface area (Å²) in [5.74, 6) is -2.15. The number of ether oxygens (including phenoxy) is 1. The Bertz CT molecular complexity index is 921. The number of morpholine rings is 1. The van der Waals surface area contributed by atoms with Crippen molar-refractivity contribution in [3.8, 4) is 0 Å². The number of hydrogen-bond donors (Lipinski definition) is 2. The molecule has 0 radical (unpaired) electrons. The highest BCUT2D eigenvalue weighted by atomic mass is 19.1. The molecule has 1 heterocycles. The molecule has 5 nitrogen and oxygen atoms in total. The van der Waals surface area contributed by atoms with Crippen LogP contribution in [0.1, 0.15) is 41.6 Å². The lowest BCUT2D eigenvalue weighted by Gasteiger charge is -2.37. The topological polar surface area (TPSA) is 61.8 Å². The van der Waals surface area contributed by atoms with Gasteiger partial charge < -0.3 is 15.2 Å². The van der Waals surface area contributed by atoms with Crippen molar-refractivity contribution in [2.24, 2.45) is 0 Å². The van der Waals surface area contributed by atoms with E-state index in [0.717, 1.165) is 43.6 Å². The van der Waals surface area contributed by atoms with E-state index in [2.05, 4.69) is 10.2 Å². The lowest BCUT2D eigenvalue weighted by Crippen LogP contribution is -2.48. The summed E-state index contributed by atoms with van der Waals surface area (Å²) in [4.78, 5) is 15.0. The van der Waals surface area contributed by atoms with Gasteiger partial charge in [0, 0.05) is 37.2 Å². The molecule has 1 aliphatic heterocycles. The molecule has 172 valence electrons. The summed E-state index contributed by atoms with van der Waals surface area (Å²) in [6.45, 7) is 3.27. The predicted molar refractivity (Wildman–Crippen MR) is 117 cm³/mol. The van der Waals surface area contributed by atoms with Crippen LogP contribution in [0, 0.1) is 11.6 Å². The minimum absolute atomic E-state index is 0.0507.